The first-order valence-corrected chi connectivity index (χ1v) is 10.9. The zero-order valence-electron chi connectivity index (χ0n) is 15.2. The van der Waals surface area contributed by atoms with E-state index in [1.807, 2.05) is 6.08 Å². The van der Waals surface area contributed by atoms with Crippen molar-refractivity contribution in [1.82, 2.24) is 0 Å². The summed E-state index contributed by atoms with van der Waals surface area (Å²) >= 11 is 0. The number of hydrogen-bond donors (Lipinski definition) is 2. The van der Waals surface area contributed by atoms with Crippen molar-refractivity contribution in [3.63, 3.8) is 0 Å². The first kappa shape index (κ1) is 21.4. The lowest BCUT2D eigenvalue weighted by Gasteiger charge is -2.01. The second-order valence-electron chi connectivity index (χ2n) is 6.71. The Balaban J connectivity index is 0.000000254. The lowest BCUT2D eigenvalue weighted by molar-refractivity contribution is 0.495. The van der Waals surface area contributed by atoms with Crippen LogP contribution in [0.1, 0.15) is 76.7 Å². The highest BCUT2D eigenvalue weighted by Crippen LogP contribution is 2.30. The molecule has 0 bridgehead atoms. The molecule has 0 spiro atoms. The quantitative estimate of drug-likeness (QED) is 0.390. The van der Waals surface area contributed by atoms with Gasteiger partial charge >= 0.3 is 0 Å². The maximum absolute atomic E-state index is 8.55. The minimum absolute atomic E-state index is 0.615. The van der Waals surface area contributed by atoms with Crippen LogP contribution in [0.25, 0.3) is 0 Å². The molecule has 1 aromatic rings. The van der Waals surface area contributed by atoms with Gasteiger partial charge in [-0.25, -0.2) is 0 Å². The summed E-state index contributed by atoms with van der Waals surface area (Å²) in [7, 11) is -1.80. The second kappa shape index (κ2) is 14.6. The number of rotatable bonds is 9. The molecule has 0 heterocycles. The van der Waals surface area contributed by atoms with Crippen molar-refractivity contribution in [3.05, 3.63) is 47.8 Å². The minimum atomic E-state index is -1.80. The van der Waals surface area contributed by atoms with Gasteiger partial charge in [0.25, 0.3) is 0 Å². The van der Waals surface area contributed by atoms with Gasteiger partial charge in [-0.3, -0.25) is 0 Å². The van der Waals surface area contributed by atoms with Crippen molar-refractivity contribution in [2.45, 2.75) is 77.6 Å². The molecule has 2 rings (SSSR count). The summed E-state index contributed by atoms with van der Waals surface area (Å²) in [5, 5.41) is 0. The highest BCUT2D eigenvalue weighted by Gasteiger charge is 2.11. The lowest BCUT2D eigenvalue weighted by atomic mass is 10.1. The van der Waals surface area contributed by atoms with Gasteiger partial charge in [0.1, 0.15) is 0 Å². The third kappa shape index (κ3) is 11.8. The molecule has 0 saturated heterocycles. The SMILES string of the molecule is CCCCCCCCc1ccccc1.OP(O)/C=C/C1CCCC1. The first-order chi connectivity index (χ1) is 11.7. The minimum Gasteiger partial charge on any atom is -0.347 e. The Morgan fingerprint density at radius 1 is 0.958 bits per heavy atom. The zero-order chi connectivity index (χ0) is 17.5. The molecule has 1 aliphatic carbocycles. The summed E-state index contributed by atoms with van der Waals surface area (Å²) in [5.41, 5.74) is 1.49. The first-order valence-electron chi connectivity index (χ1n) is 9.61. The molecule has 0 amide bonds. The van der Waals surface area contributed by atoms with Crippen LogP contribution in [0.15, 0.2) is 42.2 Å². The van der Waals surface area contributed by atoms with E-state index in [4.69, 9.17) is 9.79 Å². The van der Waals surface area contributed by atoms with Crippen molar-refractivity contribution >= 4 is 8.38 Å². The zero-order valence-corrected chi connectivity index (χ0v) is 16.1. The Morgan fingerprint density at radius 3 is 2.21 bits per heavy atom. The van der Waals surface area contributed by atoms with Crippen LogP contribution in [-0.4, -0.2) is 9.79 Å². The number of unbranched alkanes of at least 4 members (excludes halogenated alkanes) is 5. The van der Waals surface area contributed by atoms with Gasteiger partial charge in [-0.15, -0.1) is 0 Å². The Hall–Kier alpha value is -0.690. The smallest absolute Gasteiger partial charge is 0.191 e. The van der Waals surface area contributed by atoms with Crippen LogP contribution in [0, 0.1) is 5.92 Å². The molecule has 0 aromatic heterocycles. The van der Waals surface area contributed by atoms with Crippen LogP contribution in [0.5, 0.6) is 0 Å². The molecule has 1 aromatic carbocycles. The Morgan fingerprint density at radius 2 is 1.58 bits per heavy atom. The van der Waals surface area contributed by atoms with Crippen molar-refractivity contribution in [1.29, 1.82) is 0 Å². The van der Waals surface area contributed by atoms with E-state index in [0.29, 0.717) is 5.92 Å². The second-order valence-corrected chi connectivity index (χ2v) is 7.65. The molecule has 0 radical (unpaired) electrons. The molecule has 1 aliphatic rings. The molecule has 0 unspecified atom stereocenters. The fourth-order valence-electron chi connectivity index (χ4n) is 3.10. The normalized spacial score (nSPS) is 15.0. The maximum atomic E-state index is 8.55. The molecule has 24 heavy (non-hydrogen) atoms. The Kier molecular flexibility index (Phi) is 13.0. The van der Waals surface area contributed by atoms with Crippen LogP contribution in [0.3, 0.4) is 0 Å². The molecule has 1 fully saturated rings. The average molecular weight is 350 g/mol. The highest BCUT2D eigenvalue weighted by molar-refractivity contribution is 7.48. The highest BCUT2D eigenvalue weighted by atomic mass is 31.2. The number of hydrogen-bond acceptors (Lipinski definition) is 2. The number of benzene rings is 1. The molecule has 2 N–H and O–H groups in total. The maximum Gasteiger partial charge on any atom is 0.191 e. The summed E-state index contributed by atoms with van der Waals surface area (Å²) < 4.78 is 0. The van der Waals surface area contributed by atoms with E-state index < -0.39 is 8.38 Å². The van der Waals surface area contributed by atoms with Gasteiger partial charge in [0.2, 0.25) is 0 Å². The largest absolute Gasteiger partial charge is 0.347 e. The van der Waals surface area contributed by atoms with Crippen molar-refractivity contribution in [2.24, 2.45) is 5.92 Å². The fourth-order valence-corrected chi connectivity index (χ4v) is 3.50. The van der Waals surface area contributed by atoms with Crippen LogP contribution in [0.2, 0.25) is 0 Å². The molecular weight excluding hydrogens is 315 g/mol. The molecule has 3 heteroatoms. The predicted octanol–water partition coefficient (Wildman–Crippen LogP) is 6.58. The Bertz CT molecular complexity index is 411. The molecule has 0 atom stereocenters. The topological polar surface area (TPSA) is 40.5 Å². The van der Waals surface area contributed by atoms with E-state index in [2.05, 4.69) is 37.3 Å². The average Bonchev–Trinajstić information content (AvgIpc) is 3.11. The van der Waals surface area contributed by atoms with Crippen molar-refractivity contribution < 1.29 is 9.79 Å². The van der Waals surface area contributed by atoms with Crippen LogP contribution in [0.4, 0.5) is 0 Å². The standard InChI is InChI=1S/C14H22.C7H13O2P/c1-2-3-4-5-6-8-11-14-12-9-7-10-13-14;8-10(9)6-5-7-3-1-2-4-7/h7,9-10,12-13H,2-6,8,11H2,1H3;5-9H,1-4H2/b;6-5+. The molecule has 1 saturated carbocycles. The Labute approximate surface area is 149 Å². The molecule has 136 valence electrons. The van der Waals surface area contributed by atoms with Gasteiger partial charge in [-0.05, 0) is 43.0 Å². The summed E-state index contributed by atoms with van der Waals surface area (Å²) in [5.74, 6) is 2.13. The predicted molar refractivity (Wildman–Crippen MR) is 106 cm³/mol. The van der Waals surface area contributed by atoms with Gasteiger partial charge in [-0.1, -0.05) is 88.3 Å². The number of allylic oxidation sites excluding steroid dienone is 1. The summed E-state index contributed by atoms with van der Waals surface area (Å²) in [6.45, 7) is 2.27. The van der Waals surface area contributed by atoms with Crippen LogP contribution < -0.4 is 0 Å². The third-order valence-corrected chi connectivity index (χ3v) is 4.99. The number of aryl methyl sites for hydroxylation is 1. The summed E-state index contributed by atoms with van der Waals surface area (Å²) in [6, 6.07) is 10.8. The van der Waals surface area contributed by atoms with Crippen LogP contribution in [-0.2, 0) is 6.42 Å². The van der Waals surface area contributed by atoms with Gasteiger partial charge in [-0.2, -0.15) is 0 Å². The van der Waals surface area contributed by atoms with Crippen LogP contribution >= 0.6 is 8.38 Å². The van der Waals surface area contributed by atoms with E-state index in [-0.39, 0.29) is 0 Å². The lowest BCUT2D eigenvalue weighted by Crippen LogP contribution is -1.85. The summed E-state index contributed by atoms with van der Waals surface area (Å²) in [4.78, 5) is 17.1. The van der Waals surface area contributed by atoms with Gasteiger partial charge < -0.3 is 9.79 Å². The third-order valence-electron chi connectivity index (χ3n) is 4.55. The van der Waals surface area contributed by atoms with Gasteiger partial charge in [0.15, 0.2) is 8.38 Å². The van der Waals surface area contributed by atoms with Crippen molar-refractivity contribution in [3.8, 4) is 0 Å². The molecule has 0 aliphatic heterocycles. The molecule has 2 nitrogen and oxygen atoms in total. The van der Waals surface area contributed by atoms with E-state index in [9.17, 15) is 0 Å². The molecular formula is C21H35O2P. The van der Waals surface area contributed by atoms with E-state index >= 15 is 0 Å². The monoisotopic (exact) mass is 350 g/mol. The van der Waals surface area contributed by atoms with E-state index in [0.717, 1.165) is 0 Å². The van der Waals surface area contributed by atoms with Gasteiger partial charge in [0, 0.05) is 0 Å². The van der Waals surface area contributed by atoms with E-state index in [1.54, 1.807) is 0 Å². The van der Waals surface area contributed by atoms with Crippen molar-refractivity contribution in [2.75, 3.05) is 0 Å². The summed E-state index contributed by atoms with van der Waals surface area (Å²) in [6.07, 6.45) is 16.6. The fraction of sp³-hybridized carbons (Fsp3) is 0.619. The van der Waals surface area contributed by atoms with E-state index in [1.165, 1.54) is 82.0 Å². The van der Waals surface area contributed by atoms with Gasteiger partial charge in [0.05, 0.1) is 0 Å².